The van der Waals surface area contributed by atoms with Gasteiger partial charge in [0, 0.05) is 24.2 Å². The summed E-state index contributed by atoms with van der Waals surface area (Å²) < 4.78 is 11.0. The molecule has 6 heteroatoms. The monoisotopic (exact) mass is 379 g/mol. The Morgan fingerprint density at radius 1 is 0.963 bits per heavy atom. The highest BCUT2D eigenvalue weighted by Crippen LogP contribution is 2.31. The van der Waals surface area contributed by atoms with Crippen molar-refractivity contribution in [2.24, 2.45) is 0 Å². The number of hydrogen-bond donors (Lipinski definition) is 1. The number of nitrogens with zero attached hydrogens (tertiary/aromatic N) is 2. The topological polar surface area (TPSA) is 60.0 Å². The average Bonchev–Trinajstić information content (AvgIpc) is 3.11. The standard InChI is InChI=1S/C21H18ClN3O2/c1-26-15-10-11-19(16(22)13-15)27-21-8-4-5-14(23-21)9-12-20-24-17-6-2-3-7-18(17)25-20/h2-8,10-11,13H,9,12H2,1H3,(H,24,25). The summed E-state index contributed by atoms with van der Waals surface area (Å²) in [4.78, 5) is 12.5. The molecule has 5 nitrogen and oxygen atoms in total. The summed E-state index contributed by atoms with van der Waals surface area (Å²) in [6.07, 6.45) is 1.53. The number of hydrogen-bond acceptors (Lipinski definition) is 4. The number of imidazole rings is 1. The molecule has 0 radical (unpaired) electrons. The molecule has 0 aliphatic rings. The first-order chi connectivity index (χ1) is 13.2. The number of aryl methyl sites for hydroxylation is 2. The Labute approximate surface area is 162 Å². The molecule has 0 atom stereocenters. The maximum atomic E-state index is 6.23. The van der Waals surface area contributed by atoms with Gasteiger partial charge in [0.2, 0.25) is 5.88 Å². The van der Waals surface area contributed by atoms with Crippen LogP contribution in [0.2, 0.25) is 5.02 Å². The Hall–Kier alpha value is -3.05. The van der Waals surface area contributed by atoms with Crippen LogP contribution in [0.25, 0.3) is 11.0 Å². The highest BCUT2D eigenvalue weighted by atomic mass is 35.5. The lowest BCUT2D eigenvalue weighted by atomic mass is 10.2. The summed E-state index contributed by atoms with van der Waals surface area (Å²) in [6, 6.07) is 19.0. The largest absolute Gasteiger partial charge is 0.497 e. The van der Waals surface area contributed by atoms with Crippen LogP contribution >= 0.6 is 11.6 Å². The summed E-state index contributed by atoms with van der Waals surface area (Å²) >= 11 is 6.23. The molecular formula is C21H18ClN3O2. The fraction of sp³-hybridized carbons (Fsp3) is 0.143. The van der Waals surface area contributed by atoms with E-state index in [1.807, 2.05) is 42.5 Å². The first-order valence-electron chi connectivity index (χ1n) is 8.62. The minimum absolute atomic E-state index is 0.476. The van der Waals surface area contributed by atoms with Gasteiger partial charge in [0.1, 0.15) is 17.3 Å². The fourth-order valence-corrected chi connectivity index (χ4v) is 3.04. The third-order valence-electron chi connectivity index (χ3n) is 4.19. The van der Waals surface area contributed by atoms with E-state index < -0.39 is 0 Å². The average molecular weight is 380 g/mol. The number of rotatable bonds is 6. The molecule has 0 amide bonds. The normalized spacial score (nSPS) is 10.9. The molecule has 1 N–H and O–H groups in total. The number of pyridine rings is 1. The Morgan fingerprint density at radius 2 is 1.85 bits per heavy atom. The number of benzene rings is 2. The molecule has 0 aliphatic carbocycles. The SMILES string of the molecule is COc1ccc(Oc2cccc(CCc3nc4ccccc4[nH]3)n2)c(Cl)c1. The predicted molar refractivity (Wildman–Crippen MR) is 106 cm³/mol. The smallest absolute Gasteiger partial charge is 0.219 e. The van der Waals surface area contributed by atoms with E-state index in [-0.39, 0.29) is 0 Å². The lowest BCUT2D eigenvalue weighted by Crippen LogP contribution is -1.98. The number of aromatic nitrogens is 3. The molecule has 0 spiro atoms. The van der Waals surface area contributed by atoms with Crippen molar-refractivity contribution in [3.63, 3.8) is 0 Å². The van der Waals surface area contributed by atoms with E-state index in [2.05, 4.69) is 15.0 Å². The lowest BCUT2D eigenvalue weighted by molar-refractivity contribution is 0.412. The maximum Gasteiger partial charge on any atom is 0.219 e. The molecule has 0 aliphatic heterocycles. The lowest BCUT2D eigenvalue weighted by Gasteiger charge is -2.09. The first-order valence-corrected chi connectivity index (χ1v) is 9.00. The highest BCUT2D eigenvalue weighted by molar-refractivity contribution is 6.32. The minimum atomic E-state index is 0.476. The minimum Gasteiger partial charge on any atom is -0.497 e. The highest BCUT2D eigenvalue weighted by Gasteiger charge is 2.08. The number of methoxy groups -OCH3 is 1. The van der Waals surface area contributed by atoms with Gasteiger partial charge in [-0.25, -0.2) is 9.97 Å². The summed E-state index contributed by atoms with van der Waals surface area (Å²) in [7, 11) is 1.60. The van der Waals surface area contributed by atoms with Crippen molar-refractivity contribution in [1.29, 1.82) is 0 Å². The van der Waals surface area contributed by atoms with Gasteiger partial charge in [-0.2, -0.15) is 0 Å². The van der Waals surface area contributed by atoms with E-state index in [0.717, 1.165) is 35.4 Å². The third-order valence-corrected chi connectivity index (χ3v) is 4.49. The molecule has 2 aromatic heterocycles. The predicted octanol–water partition coefficient (Wildman–Crippen LogP) is 5.20. The number of aromatic amines is 1. The van der Waals surface area contributed by atoms with Crippen LogP contribution in [-0.2, 0) is 12.8 Å². The molecule has 27 heavy (non-hydrogen) atoms. The second-order valence-electron chi connectivity index (χ2n) is 6.07. The van der Waals surface area contributed by atoms with Crippen molar-refractivity contribution in [1.82, 2.24) is 15.0 Å². The number of halogens is 1. The van der Waals surface area contributed by atoms with Crippen LogP contribution in [0.3, 0.4) is 0 Å². The molecule has 0 fully saturated rings. The van der Waals surface area contributed by atoms with E-state index in [1.54, 1.807) is 25.3 Å². The molecule has 2 aromatic carbocycles. The third kappa shape index (κ3) is 4.04. The van der Waals surface area contributed by atoms with Gasteiger partial charge in [0.05, 0.1) is 23.2 Å². The van der Waals surface area contributed by atoms with Crippen molar-refractivity contribution in [3.05, 3.63) is 77.2 Å². The van der Waals surface area contributed by atoms with Gasteiger partial charge in [-0.05, 0) is 36.8 Å². The summed E-state index contributed by atoms with van der Waals surface area (Å²) in [5.41, 5.74) is 2.95. The van der Waals surface area contributed by atoms with Gasteiger partial charge in [-0.1, -0.05) is 29.8 Å². The van der Waals surface area contributed by atoms with E-state index in [1.165, 1.54) is 0 Å². The van der Waals surface area contributed by atoms with Crippen LogP contribution in [-0.4, -0.2) is 22.1 Å². The second-order valence-corrected chi connectivity index (χ2v) is 6.47. The number of para-hydroxylation sites is 2. The molecule has 4 rings (SSSR count). The fourth-order valence-electron chi connectivity index (χ4n) is 2.83. The summed E-state index contributed by atoms with van der Waals surface area (Å²) in [5, 5.41) is 0.476. The van der Waals surface area contributed by atoms with Crippen LogP contribution in [0, 0.1) is 0 Å². The second kappa shape index (κ2) is 7.68. The Bertz CT molecular complexity index is 1040. The maximum absolute atomic E-state index is 6.23. The van der Waals surface area contributed by atoms with Crippen molar-refractivity contribution in [2.75, 3.05) is 7.11 Å². The molecule has 0 saturated carbocycles. The number of H-pyrrole nitrogens is 1. The van der Waals surface area contributed by atoms with E-state index in [0.29, 0.717) is 22.4 Å². The van der Waals surface area contributed by atoms with E-state index >= 15 is 0 Å². The van der Waals surface area contributed by atoms with Crippen LogP contribution < -0.4 is 9.47 Å². The zero-order valence-corrected chi connectivity index (χ0v) is 15.5. The van der Waals surface area contributed by atoms with Gasteiger partial charge >= 0.3 is 0 Å². The molecule has 0 bridgehead atoms. The van der Waals surface area contributed by atoms with Gasteiger partial charge in [0.25, 0.3) is 0 Å². The van der Waals surface area contributed by atoms with Crippen LogP contribution in [0.4, 0.5) is 0 Å². The van der Waals surface area contributed by atoms with Crippen LogP contribution in [0.5, 0.6) is 17.4 Å². The molecular weight excluding hydrogens is 362 g/mol. The molecule has 2 heterocycles. The van der Waals surface area contributed by atoms with Crippen LogP contribution in [0.1, 0.15) is 11.5 Å². The Morgan fingerprint density at radius 3 is 2.67 bits per heavy atom. The molecule has 0 unspecified atom stereocenters. The zero-order chi connectivity index (χ0) is 18.6. The van der Waals surface area contributed by atoms with Crippen LogP contribution in [0.15, 0.2) is 60.7 Å². The quantitative estimate of drug-likeness (QED) is 0.500. The van der Waals surface area contributed by atoms with Gasteiger partial charge in [0.15, 0.2) is 0 Å². The van der Waals surface area contributed by atoms with Crippen molar-refractivity contribution in [2.45, 2.75) is 12.8 Å². The van der Waals surface area contributed by atoms with E-state index in [4.69, 9.17) is 21.1 Å². The molecule has 4 aromatic rings. The van der Waals surface area contributed by atoms with Crippen molar-refractivity contribution >= 4 is 22.6 Å². The summed E-state index contributed by atoms with van der Waals surface area (Å²) in [5.74, 6) is 2.67. The first kappa shape index (κ1) is 17.4. The van der Waals surface area contributed by atoms with Crippen molar-refractivity contribution in [3.8, 4) is 17.4 Å². The molecule has 0 saturated heterocycles. The molecule has 136 valence electrons. The number of nitrogens with one attached hydrogen (secondary N) is 1. The van der Waals surface area contributed by atoms with Gasteiger partial charge in [-0.3, -0.25) is 0 Å². The van der Waals surface area contributed by atoms with Gasteiger partial charge < -0.3 is 14.5 Å². The van der Waals surface area contributed by atoms with Gasteiger partial charge in [-0.15, -0.1) is 0 Å². The Kier molecular flexibility index (Phi) is 4.94. The summed E-state index contributed by atoms with van der Waals surface area (Å²) in [6.45, 7) is 0. The number of fused-ring (bicyclic) bond motifs is 1. The Balaban J connectivity index is 1.45. The number of ether oxygens (including phenoxy) is 2. The van der Waals surface area contributed by atoms with Crippen molar-refractivity contribution < 1.29 is 9.47 Å². The van der Waals surface area contributed by atoms with E-state index in [9.17, 15) is 0 Å². The zero-order valence-electron chi connectivity index (χ0n) is 14.8.